The van der Waals surface area contributed by atoms with Gasteiger partial charge in [0.25, 0.3) is 5.91 Å². The van der Waals surface area contributed by atoms with Crippen LogP contribution >= 0.6 is 0 Å². The topological polar surface area (TPSA) is 89.5 Å². The van der Waals surface area contributed by atoms with Crippen LogP contribution in [0.5, 0.6) is 0 Å². The molecular weight excluding hydrogens is 363 g/mol. The minimum Gasteiger partial charge on any atom is -0.388 e. The molecule has 28 heavy (non-hydrogen) atoms. The Balaban J connectivity index is 1.45. The Morgan fingerprint density at radius 3 is 2.68 bits per heavy atom. The minimum absolute atomic E-state index is 0.00850. The molecule has 8 heteroatoms. The van der Waals surface area contributed by atoms with Gasteiger partial charge in [-0.2, -0.15) is 9.78 Å². The highest BCUT2D eigenvalue weighted by molar-refractivity contribution is 5.95. The number of carbonyl (C=O) groups excluding carboxylic acids is 1. The van der Waals surface area contributed by atoms with Crippen LogP contribution in [0.1, 0.15) is 40.0 Å². The van der Waals surface area contributed by atoms with E-state index in [0.717, 1.165) is 23.2 Å². The van der Waals surface area contributed by atoms with E-state index < -0.39 is 17.5 Å². The summed E-state index contributed by atoms with van der Waals surface area (Å²) >= 11 is 0. The molecule has 0 unspecified atom stereocenters. The summed E-state index contributed by atoms with van der Waals surface area (Å²) in [4.78, 5) is 24.2. The maximum atomic E-state index is 13.0. The van der Waals surface area contributed by atoms with Crippen LogP contribution < -0.4 is 11.2 Å². The van der Waals surface area contributed by atoms with E-state index in [4.69, 9.17) is 4.42 Å². The second-order valence-electron chi connectivity index (χ2n) is 8.42. The quantitative estimate of drug-likeness (QED) is 0.818. The summed E-state index contributed by atoms with van der Waals surface area (Å²) in [6.45, 7) is 6.44. The Labute approximate surface area is 161 Å². The van der Waals surface area contributed by atoms with E-state index in [-0.39, 0.29) is 23.3 Å². The molecule has 0 aliphatic heterocycles. The van der Waals surface area contributed by atoms with Crippen molar-refractivity contribution < 1.29 is 13.6 Å². The number of benzene rings is 1. The summed E-state index contributed by atoms with van der Waals surface area (Å²) < 4.78 is 19.0. The molecule has 2 fully saturated rings. The zero-order valence-corrected chi connectivity index (χ0v) is 16.2. The van der Waals surface area contributed by atoms with E-state index in [0.29, 0.717) is 11.5 Å². The molecule has 0 radical (unpaired) electrons. The Morgan fingerprint density at radius 2 is 2.07 bits per heavy atom. The monoisotopic (exact) mass is 386 g/mol. The Hall–Kier alpha value is -2.77. The van der Waals surface area contributed by atoms with Crippen LogP contribution in [0, 0.1) is 22.6 Å². The number of nitrogens with one attached hydrogen (secondary N) is 1. The van der Waals surface area contributed by atoms with Crippen LogP contribution in [0.4, 0.5) is 4.39 Å². The van der Waals surface area contributed by atoms with Crippen molar-refractivity contribution in [3.8, 4) is 11.5 Å². The van der Waals surface area contributed by atoms with Gasteiger partial charge in [0.2, 0.25) is 5.89 Å². The van der Waals surface area contributed by atoms with Gasteiger partial charge in [0.05, 0.1) is 0 Å². The van der Waals surface area contributed by atoms with E-state index in [1.165, 1.54) is 30.7 Å². The highest BCUT2D eigenvalue weighted by atomic mass is 19.1. The number of amides is 1. The second kappa shape index (κ2) is 6.39. The first-order chi connectivity index (χ1) is 13.2. The number of hydrogen-bond acceptors (Lipinski definition) is 5. The fourth-order valence-electron chi connectivity index (χ4n) is 4.51. The van der Waals surface area contributed by atoms with Crippen molar-refractivity contribution in [3.63, 3.8) is 0 Å². The Bertz CT molecular complexity index is 1010. The van der Waals surface area contributed by atoms with Gasteiger partial charge in [-0.15, -0.1) is 5.10 Å². The van der Waals surface area contributed by atoms with Crippen molar-refractivity contribution in [3.05, 3.63) is 40.6 Å². The van der Waals surface area contributed by atoms with Gasteiger partial charge < -0.3 is 4.42 Å². The number of halogens is 1. The Kier molecular flexibility index (Phi) is 4.24. The van der Waals surface area contributed by atoms with Gasteiger partial charge in [-0.25, -0.2) is 14.6 Å². The standard InChI is InChI=1S/C20H23FN4O3/c1-19(2)13-8-9-20(19,3)15(10-13)22-23-16(26)11-25-18(27)28-17(24-25)12-4-6-14(21)7-5-12/h4-7,13H,8-11H2,1-3H3,(H,23,26)/b22-15+/t13-,20-/m1/s1. The highest BCUT2D eigenvalue weighted by Gasteiger charge is 2.60. The van der Waals surface area contributed by atoms with Gasteiger partial charge in [-0.3, -0.25) is 4.79 Å². The highest BCUT2D eigenvalue weighted by Crippen LogP contribution is 2.63. The van der Waals surface area contributed by atoms with Crippen LogP contribution in [0.25, 0.3) is 11.5 Å². The molecule has 2 saturated carbocycles. The molecular formula is C20H23FN4O3. The lowest BCUT2D eigenvalue weighted by molar-refractivity contribution is -0.121. The average molecular weight is 386 g/mol. The van der Waals surface area contributed by atoms with Crippen LogP contribution in [-0.2, 0) is 11.3 Å². The number of aromatic nitrogens is 2. The maximum absolute atomic E-state index is 13.0. The molecule has 2 aromatic rings. The SMILES string of the molecule is CC1(C)[C@@H]2CC[C@]1(C)/C(=N/NC(=O)Cn1nc(-c3ccc(F)cc3)oc1=O)C2. The van der Waals surface area contributed by atoms with Crippen molar-refractivity contribution in [2.75, 3.05) is 0 Å². The summed E-state index contributed by atoms with van der Waals surface area (Å²) in [5.41, 5.74) is 4.19. The summed E-state index contributed by atoms with van der Waals surface area (Å²) in [7, 11) is 0. The third-order valence-corrected chi connectivity index (χ3v) is 6.82. The fourth-order valence-corrected chi connectivity index (χ4v) is 4.51. The zero-order valence-electron chi connectivity index (χ0n) is 16.2. The number of fused-ring (bicyclic) bond motifs is 2. The van der Waals surface area contributed by atoms with E-state index >= 15 is 0 Å². The smallest absolute Gasteiger partial charge is 0.388 e. The lowest BCUT2D eigenvalue weighted by Crippen LogP contribution is -2.35. The largest absolute Gasteiger partial charge is 0.437 e. The fraction of sp³-hybridized carbons (Fsp3) is 0.500. The number of hydrazone groups is 1. The second-order valence-corrected chi connectivity index (χ2v) is 8.42. The predicted molar refractivity (Wildman–Crippen MR) is 101 cm³/mol. The number of hydrogen-bond donors (Lipinski definition) is 1. The number of nitrogens with zero attached hydrogens (tertiary/aromatic N) is 3. The molecule has 2 aliphatic rings. The molecule has 0 spiro atoms. The molecule has 1 aromatic carbocycles. The van der Waals surface area contributed by atoms with E-state index in [2.05, 4.69) is 36.4 Å². The molecule has 148 valence electrons. The third-order valence-electron chi connectivity index (χ3n) is 6.82. The van der Waals surface area contributed by atoms with Gasteiger partial charge >= 0.3 is 5.76 Å². The first kappa shape index (κ1) is 18.6. The predicted octanol–water partition coefficient (Wildman–Crippen LogP) is 2.96. The third kappa shape index (κ3) is 2.87. The summed E-state index contributed by atoms with van der Waals surface area (Å²) in [5.74, 6) is -0.981. The zero-order chi connectivity index (χ0) is 20.1. The van der Waals surface area contributed by atoms with Crippen LogP contribution in [-0.4, -0.2) is 21.4 Å². The van der Waals surface area contributed by atoms with Gasteiger partial charge in [0.1, 0.15) is 12.4 Å². The minimum atomic E-state index is -0.754. The number of carbonyl (C=O) groups is 1. The van der Waals surface area contributed by atoms with Crippen molar-refractivity contribution in [2.45, 2.75) is 46.6 Å². The lowest BCUT2D eigenvalue weighted by Gasteiger charge is -2.34. The van der Waals surface area contributed by atoms with Crippen LogP contribution in [0.3, 0.4) is 0 Å². The van der Waals surface area contributed by atoms with Gasteiger partial charge in [-0.05, 0) is 54.9 Å². The molecule has 4 rings (SSSR count). The van der Waals surface area contributed by atoms with Crippen LogP contribution in [0.15, 0.2) is 38.6 Å². The molecule has 1 N–H and O–H groups in total. The molecule has 7 nitrogen and oxygen atoms in total. The number of rotatable bonds is 4. The van der Waals surface area contributed by atoms with Crippen molar-refractivity contribution >= 4 is 11.6 Å². The van der Waals surface area contributed by atoms with Crippen molar-refractivity contribution in [2.24, 2.45) is 21.8 Å². The first-order valence-corrected chi connectivity index (χ1v) is 9.40. The molecule has 1 amide bonds. The van der Waals surface area contributed by atoms with E-state index in [9.17, 15) is 14.0 Å². The molecule has 2 aliphatic carbocycles. The van der Waals surface area contributed by atoms with E-state index in [1.54, 1.807) is 0 Å². The molecule has 1 heterocycles. The normalized spacial score (nSPS) is 26.7. The Morgan fingerprint density at radius 1 is 1.36 bits per heavy atom. The summed E-state index contributed by atoms with van der Waals surface area (Å²) in [6, 6.07) is 5.40. The average Bonchev–Trinajstić information content (AvgIpc) is 3.18. The first-order valence-electron chi connectivity index (χ1n) is 9.40. The molecule has 2 atom stereocenters. The van der Waals surface area contributed by atoms with Gasteiger partial charge in [0.15, 0.2) is 0 Å². The van der Waals surface area contributed by atoms with Crippen molar-refractivity contribution in [1.29, 1.82) is 0 Å². The molecule has 1 aromatic heterocycles. The molecule has 0 saturated heterocycles. The van der Waals surface area contributed by atoms with Crippen LogP contribution in [0.2, 0.25) is 0 Å². The van der Waals surface area contributed by atoms with Gasteiger partial charge in [-0.1, -0.05) is 20.8 Å². The molecule has 2 bridgehead atoms. The van der Waals surface area contributed by atoms with Crippen molar-refractivity contribution in [1.82, 2.24) is 15.2 Å². The summed E-state index contributed by atoms with van der Waals surface area (Å²) in [6.07, 6.45) is 3.16. The summed E-state index contributed by atoms with van der Waals surface area (Å²) in [5, 5.41) is 8.39. The maximum Gasteiger partial charge on any atom is 0.437 e. The lowest BCUT2D eigenvalue weighted by atomic mass is 9.70. The van der Waals surface area contributed by atoms with Gasteiger partial charge in [0, 0.05) is 16.7 Å². The van der Waals surface area contributed by atoms with E-state index in [1.807, 2.05) is 0 Å².